The normalized spacial score (nSPS) is 19.1. The van der Waals surface area contributed by atoms with Crippen molar-refractivity contribution in [3.05, 3.63) is 29.8 Å². The summed E-state index contributed by atoms with van der Waals surface area (Å²) in [7, 11) is -4.13. The Morgan fingerprint density at radius 3 is 2.52 bits per heavy atom. The van der Waals surface area contributed by atoms with Crippen LogP contribution in [0.15, 0.2) is 29.2 Å². The summed E-state index contributed by atoms with van der Waals surface area (Å²) in [4.78, 5) is 24.1. The SMILES string of the molecule is CC(CCCO)(C(N)=O)N1C(=O)c2ccccc2S1(=O)=O. The van der Waals surface area contributed by atoms with Gasteiger partial charge < -0.3 is 10.8 Å². The molecule has 2 amide bonds. The van der Waals surface area contributed by atoms with Crippen molar-refractivity contribution in [2.45, 2.75) is 30.2 Å². The zero-order valence-corrected chi connectivity index (χ0v) is 12.3. The third-order valence-corrected chi connectivity index (χ3v) is 5.58. The lowest BCUT2D eigenvalue weighted by molar-refractivity contribution is -0.126. The number of hydrogen-bond donors (Lipinski definition) is 2. The molecule has 0 saturated heterocycles. The Morgan fingerprint density at radius 1 is 1.38 bits per heavy atom. The van der Waals surface area contributed by atoms with Gasteiger partial charge in [0.15, 0.2) is 0 Å². The molecule has 21 heavy (non-hydrogen) atoms. The highest BCUT2D eigenvalue weighted by molar-refractivity contribution is 7.90. The van der Waals surface area contributed by atoms with Crippen molar-refractivity contribution in [3.8, 4) is 0 Å². The van der Waals surface area contributed by atoms with Crippen molar-refractivity contribution < 1.29 is 23.1 Å². The number of primary amides is 1. The number of hydrogen-bond acceptors (Lipinski definition) is 5. The highest BCUT2D eigenvalue weighted by atomic mass is 32.2. The van der Waals surface area contributed by atoms with Gasteiger partial charge in [-0.15, -0.1) is 0 Å². The van der Waals surface area contributed by atoms with E-state index in [0.29, 0.717) is 4.31 Å². The molecule has 0 aliphatic carbocycles. The molecule has 1 aromatic carbocycles. The number of fused-ring (bicyclic) bond motifs is 1. The number of carbonyl (C=O) groups is 2. The van der Waals surface area contributed by atoms with Gasteiger partial charge in [-0.3, -0.25) is 9.59 Å². The minimum absolute atomic E-state index is 0.0222. The van der Waals surface area contributed by atoms with Crippen LogP contribution in [-0.2, 0) is 14.8 Å². The zero-order chi connectivity index (χ0) is 15.8. The van der Waals surface area contributed by atoms with Gasteiger partial charge in [0.2, 0.25) is 5.91 Å². The predicted octanol–water partition coefficient (Wildman–Crippen LogP) is -0.152. The number of rotatable bonds is 5. The summed E-state index contributed by atoms with van der Waals surface area (Å²) in [6.45, 7) is 1.06. The first-order valence-corrected chi connectivity index (χ1v) is 7.80. The van der Waals surface area contributed by atoms with Crippen LogP contribution < -0.4 is 5.73 Å². The number of nitrogens with two attached hydrogens (primary N) is 1. The van der Waals surface area contributed by atoms with E-state index < -0.39 is 27.4 Å². The topological polar surface area (TPSA) is 118 Å². The maximum Gasteiger partial charge on any atom is 0.270 e. The second kappa shape index (κ2) is 5.12. The number of nitrogens with zero attached hydrogens (tertiary/aromatic N) is 1. The predicted molar refractivity (Wildman–Crippen MR) is 73.7 cm³/mol. The number of benzene rings is 1. The minimum Gasteiger partial charge on any atom is -0.396 e. The molecular weight excluding hydrogens is 296 g/mol. The van der Waals surface area contributed by atoms with Crippen molar-refractivity contribution in [2.75, 3.05) is 6.61 Å². The average molecular weight is 312 g/mol. The van der Waals surface area contributed by atoms with Gasteiger partial charge in [-0.1, -0.05) is 12.1 Å². The summed E-state index contributed by atoms with van der Waals surface area (Å²) in [5.41, 5.74) is 3.64. The molecule has 0 aromatic heterocycles. The van der Waals surface area contributed by atoms with Crippen LogP contribution in [0.25, 0.3) is 0 Å². The van der Waals surface area contributed by atoms with Gasteiger partial charge in [-0.25, -0.2) is 12.7 Å². The molecule has 1 aliphatic rings. The quantitative estimate of drug-likeness (QED) is 0.784. The van der Waals surface area contributed by atoms with Crippen LogP contribution in [-0.4, -0.2) is 41.8 Å². The molecule has 0 bridgehead atoms. The molecule has 2 rings (SSSR count). The lowest BCUT2D eigenvalue weighted by atomic mass is 9.94. The average Bonchev–Trinajstić information content (AvgIpc) is 2.64. The van der Waals surface area contributed by atoms with E-state index in [4.69, 9.17) is 10.8 Å². The Morgan fingerprint density at radius 2 is 2.00 bits per heavy atom. The number of aliphatic hydroxyl groups excluding tert-OH is 1. The van der Waals surface area contributed by atoms with Crippen molar-refractivity contribution in [3.63, 3.8) is 0 Å². The molecule has 7 nitrogen and oxygen atoms in total. The number of carbonyl (C=O) groups excluding carboxylic acids is 2. The van der Waals surface area contributed by atoms with Gasteiger partial charge in [-0.05, 0) is 31.9 Å². The maximum atomic E-state index is 12.5. The summed E-state index contributed by atoms with van der Waals surface area (Å²) in [6.07, 6.45) is 0.104. The van der Waals surface area contributed by atoms with Crippen LogP contribution in [0.5, 0.6) is 0 Å². The second-order valence-electron chi connectivity index (χ2n) is 5.04. The Kier molecular flexibility index (Phi) is 3.77. The molecule has 0 saturated carbocycles. The molecular formula is C13H16N2O5S. The van der Waals surface area contributed by atoms with Crippen LogP contribution in [0.1, 0.15) is 30.1 Å². The first-order chi connectivity index (χ1) is 9.76. The van der Waals surface area contributed by atoms with E-state index >= 15 is 0 Å². The van der Waals surface area contributed by atoms with Crippen LogP contribution >= 0.6 is 0 Å². The van der Waals surface area contributed by atoms with E-state index in [0.717, 1.165) is 0 Å². The molecule has 1 atom stereocenters. The lowest BCUT2D eigenvalue weighted by Gasteiger charge is -2.34. The van der Waals surface area contributed by atoms with Crippen LogP contribution in [0.3, 0.4) is 0 Å². The van der Waals surface area contributed by atoms with Crippen LogP contribution in [0, 0.1) is 0 Å². The van der Waals surface area contributed by atoms with Gasteiger partial charge in [0.05, 0.1) is 5.56 Å². The first kappa shape index (κ1) is 15.5. The lowest BCUT2D eigenvalue weighted by Crippen LogP contribution is -2.57. The van der Waals surface area contributed by atoms with E-state index in [-0.39, 0.29) is 29.9 Å². The zero-order valence-electron chi connectivity index (χ0n) is 11.4. The van der Waals surface area contributed by atoms with Crippen molar-refractivity contribution >= 4 is 21.8 Å². The van der Waals surface area contributed by atoms with Gasteiger partial charge in [-0.2, -0.15) is 0 Å². The fourth-order valence-electron chi connectivity index (χ4n) is 2.42. The number of amides is 2. The monoisotopic (exact) mass is 312 g/mol. The van der Waals surface area contributed by atoms with Crippen molar-refractivity contribution in [1.29, 1.82) is 0 Å². The van der Waals surface area contributed by atoms with Crippen molar-refractivity contribution in [2.24, 2.45) is 5.73 Å². The Labute approximate surface area is 122 Å². The second-order valence-corrected chi connectivity index (χ2v) is 6.79. The molecule has 0 spiro atoms. The standard InChI is InChI=1S/C13H16N2O5S/c1-13(12(14)18,7-4-8-16)15-11(17)9-5-2-3-6-10(9)21(15,19)20/h2-3,5-6,16H,4,7-8H2,1H3,(H2,14,18). The molecule has 0 radical (unpaired) electrons. The molecule has 3 N–H and O–H groups in total. The molecule has 1 heterocycles. The van der Waals surface area contributed by atoms with E-state index in [1.54, 1.807) is 6.07 Å². The fraction of sp³-hybridized carbons (Fsp3) is 0.385. The van der Waals surface area contributed by atoms with E-state index in [1.165, 1.54) is 25.1 Å². The molecule has 0 fully saturated rings. The number of aliphatic hydroxyl groups is 1. The Hall–Kier alpha value is -1.93. The maximum absolute atomic E-state index is 12.5. The summed E-state index contributed by atoms with van der Waals surface area (Å²) in [6, 6.07) is 5.76. The smallest absolute Gasteiger partial charge is 0.270 e. The largest absolute Gasteiger partial charge is 0.396 e. The van der Waals surface area contributed by atoms with Gasteiger partial charge >= 0.3 is 0 Å². The summed E-state index contributed by atoms with van der Waals surface area (Å²) in [5.74, 6) is -1.70. The molecule has 1 aromatic rings. The molecule has 114 valence electrons. The first-order valence-electron chi connectivity index (χ1n) is 6.36. The van der Waals surface area contributed by atoms with Crippen LogP contribution in [0.2, 0.25) is 0 Å². The number of sulfonamides is 1. The van der Waals surface area contributed by atoms with Gasteiger partial charge in [0, 0.05) is 6.61 Å². The van der Waals surface area contributed by atoms with Crippen LogP contribution in [0.4, 0.5) is 0 Å². The highest BCUT2D eigenvalue weighted by Gasteiger charge is 2.53. The molecule has 1 aliphatic heterocycles. The molecule has 8 heteroatoms. The van der Waals surface area contributed by atoms with Gasteiger partial charge in [0.1, 0.15) is 10.4 Å². The summed E-state index contributed by atoms with van der Waals surface area (Å²) < 4.78 is 25.6. The Bertz CT molecular complexity index is 700. The van der Waals surface area contributed by atoms with E-state index in [2.05, 4.69) is 0 Å². The highest BCUT2D eigenvalue weighted by Crippen LogP contribution is 2.37. The fourth-order valence-corrected chi connectivity index (χ4v) is 4.33. The summed E-state index contributed by atoms with van der Waals surface area (Å²) >= 11 is 0. The van der Waals surface area contributed by atoms with Gasteiger partial charge in [0.25, 0.3) is 15.9 Å². The van der Waals surface area contributed by atoms with E-state index in [9.17, 15) is 18.0 Å². The molecule has 1 unspecified atom stereocenters. The van der Waals surface area contributed by atoms with Crippen molar-refractivity contribution in [1.82, 2.24) is 4.31 Å². The minimum atomic E-state index is -4.13. The summed E-state index contributed by atoms with van der Waals surface area (Å²) in [5, 5.41) is 8.92. The van der Waals surface area contributed by atoms with E-state index in [1.807, 2.05) is 0 Å². The third-order valence-electron chi connectivity index (χ3n) is 3.62. The Balaban J connectivity index is 2.59. The third kappa shape index (κ3) is 2.20.